The minimum absolute atomic E-state index is 0.319. The monoisotopic (exact) mass is 273 g/mol. The average Bonchev–Trinajstić information content (AvgIpc) is 2.37. The summed E-state index contributed by atoms with van der Waals surface area (Å²) in [6, 6.07) is 0.681. The van der Waals surface area contributed by atoms with E-state index in [2.05, 4.69) is 44.8 Å². The Hall–Kier alpha value is 0.270. The van der Waals surface area contributed by atoms with Crippen molar-refractivity contribution in [3.05, 3.63) is 0 Å². The number of aliphatic hydroxyl groups excluding tert-OH is 1. The van der Waals surface area contributed by atoms with Gasteiger partial charge in [-0.25, -0.2) is 0 Å². The van der Waals surface area contributed by atoms with Gasteiger partial charge >= 0.3 is 0 Å². The molecule has 0 aromatic carbocycles. The predicted molar refractivity (Wildman–Crippen MR) is 82.1 cm³/mol. The molecular formula is C15H31NOS. The van der Waals surface area contributed by atoms with E-state index >= 15 is 0 Å². The highest BCUT2D eigenvalue weighted by molar-refractivity contribution is 7.99. The Bertz CT molecular complexity index is 223. The van der Waals surface area contributed by atoms with Gasteiger partial charge in [0.05, 0.1) is 0 Å². The van der Waals surface area contributed by atoms with Gasteiger partial charge in [-0.05, 0) is 49.3 Å². The summed E-state index contributed by atoms with van der Waals surface area (Å²) in [6.07, 6.45) is 4.04. The molecule has 1 fully saturated rings. The molecule has 1 aliphatic rings. The first-order valence-corrected chi connectivity index (χ1v) is 8.59. The highest BCUT2D eigenvalue weighted by Crippen LogP contribution is 2.36. The number of rotatable bonds is 7. The van der Waals surface area contributed by atoms with Crippen LogP contribution in [0.2, 0.25) is 0 Å². The fourth-order valence-electron chi connectivity index (χ4n) is 2.79. The number of nitrogens with one attached hydrogen (secondary N) is 1. The van der Waals surface area contributed by atoms with Crippen LogP contribution < -0.4 is 5.32 Å². The minimum atomic E-state index is 0.319. The largest absolute Gasteiger partial charge is 0.396 e. The molecule has 2 N–H and O–H groups in total. The topological polar surface area (TPSA) is 32.3 Å². The Balaban J connectivity index is 2.49. The molecule has 1 rings (SSSR count). The summed E-state index contributed by atoms with van der Waals surface area (Å²) in [7, 11) is 0. The van der Waals surface area contributed by atoms with Crippen molar-refractivity contribution in [3.8, 4) is 0 Å². The van der Waals surface area contributed by atoms with E-state index in [1.165, 1.54) is 19.3 Å². The normalized spacial score (nSPS) is 30.7. The van der Waals surface area contributed by atoms with Crippen molar-refractivity contribution in [3.63, 3.8) is 0 Å². The molecule has 108 valence electrons. The lowest BCUT2D eigenvalue weighted by atomic mass is 9.79. The first-order valence-electron chi connectivity index (χ1n) is 7.54. The first kappa shape index (κ1) is 16.3. The molecule has 0 spiro atoms. The molecule has 0 aliphatic heterocycles. The summed E-state index contributed by atoms with van der Waals surface area (Å²) in [6.45, 7) is 10.4. The molecule has 3 heteroatoms. The zero-order valence-corrected chi connectivity index (χ0v) is 13.3. The Morgan fingerprint density at radius 2 is 2.00 bits per heavy atom. The maximum absolute atomic E-state index is 9.14. The van der Waals surface area contributed by atoms with E-state index < -0.39 is 0 Å². The van der Waals surface area contributed by atoms with Crippen LogP contribution in [-0.4, -0.2) is 35.3 Å². The Morgan fingerprint density at radius 3 is 2.56 bits per heavy atom. The average molecular weight is 273 g/mol. The van der Waals surface area contributed by atoms with Gasteiger partial charge in [-0.3, -0.25) is 0 Å². The van der Waals surface area contributed by atoms with E-state index in [1.807, 2.05) is 0 Å². The third kappa shape index (κ3) is 5.10. The molecule has 0 bridgehead atoms. The summed E-state index contributed by atoms with van der Waals surface area (Å²) in [4.78, 5) is 0. The van der Waals surface area contributed by atoms with E-state index in [-0.39, 0.29) is 0 Å². The van der Waals surface area contributed by atoms with Gasteiger partial charge in [-0.15, -0.1) is 0 Å². The smallest absolute Gasteiger partial charge is 0.0464 e. The Kier molecular flexibility index (Phi) is 7.66. The van der Waals surface area contributed by atoms with Crippen molar-refractivity contribution < 1.29 is 5.11 Å². The van der Waals surface area contributed by atoms with Crippen LogP contribution in [0.15, 0.2) is 0 Å². The zero-order valence-electron chi connectivity index (χ0n) is 12.5. The zero-order chi connectivity index (χ0) is 13.5. The summed E-state index contributed by atoms with van der Waals surface area (Å²) < 4.78 is 0. The van der Waals surface area contributed by atoms with Gasteiger partial charge in [0.2, 0.25) is 0 Å². The standard InChI is InChI=1S/C15H31NOS/c1-5-16-14-7-6-13(11(2)3)8-15(14)18-10-12(4)9-17/h11-17H,5-10H2,1-4H3. The molecule has 1 aliphatic carbocycles. The Labute approximate surface area is 117 Å². The highest BCUT2D eigenvalue weighted by atomic mass is 32.2. The first-order chi connectivity index (χ1) is 8.58. The molecule has 0 saturated heterocycles. The lowest BCUT2D eigenvalue weighted by Gasteiger charge is -2.38. The van der Waals surface area contributed by atoms with E-state index in [0.29, 0.717) is 18.6 Å². The van der Waals surface area contributed by atoms with Crippen molar-refractivity contribution in [2.75, 3.05) is 18.9 Å². The van der Waals surface area contributed by atoms with E-state index in [1.54, 1.807) is 0 Å². The van der Waals surface area contributed by atoms with Crippen LogP contribution in [0.3, 0.4) is 0 Å². The second-order valence-corrected chi connectivity index (χ2v) is 7.41. The lowest BCUT2D eigenvalue weighted by Crippen LogP contribution is -2.43. The minimum Gasteiger partial charge on any atom is -0.396 e. The van der Waals surface area contributed by atoms with Gasteiger partial charge < -0.3 is 10.4 Å². The summed E-state index contributed by atoms with van der Waals surface area (Å²) in [5, 5.41) is 13.5. The van der Waals surface area contributed by atoms with Crippen LogP contribution >= 0.6 is 11.8 Å². The molecule has 4 unspecified atom stereocenters. The molecule has 18 heavy (non-hydrogen) atoms. The van der Waals surface area contributed by atoms with E-state index in [0.717, 1.165) is 29.4 Å². The third-order valence-electron chi connectivity index (χ3n) is 4.15. The summed E-state index contributed by atoms with van der Waals surface area (Å²) >= 11 is 2.08. The number of hydrogen-bond acceptors (Lipinski definition) is 3. The number of thioether (sulfide) groups is 1. The van der Waals surface area contributed by atoms with Crippen molar-refractivity contribution >= 4 is 11.8 Å². The predicted octanol–water partition coefficient (Wildman–Crippen LogP) is 3.15. The van der Waals surface area contributed by atoms with Crippen LogP contribution in [0, 0.1) is 17.8 Å². The van der Waals surface area contributed by atoms with Crippen LogP contribution in [-0.2, 0) is 0 Å². The fourth-order valence-corrected chi connectivity index (χ4v) is 4.32. The SMILES string of the molecule is CCNC1CCC(C(C)C)CC1SCC(C)CO. The van der Waals surface area contributed by atoms with Crippen LogP contribution in [0.1, 0.15) is 47.0 Å². The van der Waals surface area contributed by atoms with Crippen molar-refractivity contribution in [1.82, 2.24) is 5.32 Å². The molecular weight excluding hydrogens is 242 g/mol. The highest BCUT2D eigenvalue weighted by Gasteiger charge is 2.31. The third-order valence-corrected chi connectivity index (χ3v) is 5.86. The molecule has 4 atom stereocenters. The van der Waals surface area contributed by atoms with Crippen molar-refractivity contribution in [2.45, 2.75) is 58.2 Å². The summed E-state index contributed by atoms with van der Waals surface area (Å²) in [5.74, 6) is 3.22. The van der Waals surface area contributed by atoms with Crippen LogP contribution in [0.25, 0.3) is 0 Å². The molecule has 0 aromatic rings. The molecule has 0 amide bonds. The van der Waals surface area contributed by atoms with E-state index in [4.69, 9.17) is 5.11 Å². The van der Waals surface area contributed by atoms with Gasteiger partial charge in [0.1, 0.15) is 0 Å². The van der Waals surface area contributed by atoms with Gasteiger partial charge in [0.15, 0.2) is 0 Å². The molecule has 2 nitrogen and oxygen atoms in total. The van der Waals surface area contributed by atoms with E-state index in [9.17, 15) is 0 Å². The molecule has 1 saturated carbocycles. The lowest BCUT2D eigenvalue weighted by molar-refractivity contribution is 0.243. The number of aliphatic hydroxyl groups is 1. The second-order valence-electron chi connectivity index (χ2n) is 6.14. The molecule has 0 aromatic heterocycles. The number of hydrogen-bond donors (Lipinski definition) is 2. The quantitative estimate of drug-likeness (QED) is 0.747. The van der Waals surface area contributed by atoms with Gasteiger partial charge in [-0.1, -0.05) is 27.7 Å². The van der Waals surface area contributed by atoms with Gasteiger partial charge in [0, 0.05) is 17.9 Å². The van der Waals surface area contributed by atoms with Crippen molar-refractivity contribution in [2.24, 2.45) is 17.8 Å². The van der Waals surface area contributed by atoms with Crippen molar-refractivity contribution in [1.29, 1.82) is 0 Å². The van der Waals surface area contributed by atoms with Gasteiger partial charge in [0.25, 0.3) is 0 Å². The Morgan fingerprint density at radius 1 is 1.28 bits per heavy atom. The van der Waals surface area contributed by atoms with Crippen LogP contribution in [0.4, 0.5) is 0 Å². The molecule has 0 heterocycles. The second kappa shape index (κ2) is 8.44. The van der Waals surface area contributed by atoms with Gasteiger partial charge in [-0.2, -0.15) is 11.8 Å². The molecule has 0 radical (unpaired) electrons. The maximum atomic E-state index is 9.14. The van der Waals surface area contributed by atoms with Crippen LogP contribution in [0.5, 0.6) is 0 Å². The maximum Gasteiger partial charge on any atom is 0.0464 e. The summed E-state index contributed by atoms with van der Waals surface area (Å²) in [5.41, 5.74) is 0. The fraction of sp³-hybridized carbons (Fsp3) is 1.00.